The third-order valence-electron chi connectivity index (χ3n) is 4.14. The van der Waals surface area contributed by atoms with Crippen LogP contribution in [-0.4, -0.2) is 18.0 Å². The highest BCUT2D eigenvalue weighted by Crippen LogP contribution is 2.24. The summed E-state index contributed by atoms with van der Waals surface area (Å²) in [5.74, 6) is 1.09. The van der Waals surface area contributed by atoms with E-state index >= 15 is 0 Å². The number of aryl methyl sites for hydroxylation is 1. The Morgan fingerprint density at radius 3 is 2.38 bits per heavy atom. The van der Waals surface area contributed by atoms with Gasteiger partial charge < -0.3 is 21.1 Å². The van der Waals surface area contributed by atoms with E-state index in [0.717, 1.165) is 17.7 Å². The van der Waals surface area contributed by atoms with Crippen LogP contribution in [0.1, 0.15) is 25.8 Å². The SMILES string of the molecule is CC[C@H](C)[C@@H](NC(N)=O)C(=O)Nc1ccc(Oc2cccc(C)c2)cc1. The van der Waals surface area contributed by atoms with Crippen LogP contribution in [-0.2, 0) is 4.79 Å². The Hall–Kier alpha value is -3.02. The van der Waals surface area contributed by atoms with Crippen molar-refractivity contribution in [2.24, 2.45) is 11.7 Å². The molecule has 3 amide bonds. The minimum atomic E-state index is -0.715. The number of carbonyl (C=O) groups excluding carboxylic acids is 2. The molecule has 0 radical (unpaired) electrons. The lowest BCUT2D eigenvalue weighted by molar-refractivity contribution is -0.119. The van der Waals surface area contributed by atoms with E-state index in [9.17, 15) is 9.59 Å². The zero-order valence-corrected chi connectivity index (χ0v) is 15.3. The van der Waals surface area contributed by atoms with Gasteiger partial charge in [-0.05, 0) is 54.8 Å². The molecule has 0 saturated carbocycles. The van der Waals surface area contributed by atoms with Crippen LogP contribution in [0, 0.1) is 12.8 Å². The van der Waals surface area contributed by atoms with Gasteiger partial charge in [0, 0.05) is 5.69 Å². The van der Waals surface area contributed by atoms with Gasteiger partial charge in [0.1, 0.15) is 17.5 Å². The smallest absolute Gasteiger partial charge is 0.312 e. The molecule has 6 nitrogen and oxygen atoms in total. The number of amides is 3. The molecule has 0 spiro atoms. The summed E-state index contributed by atoms with van der Waals surface area (Å²) >= 11 is 0. The molecule has 0 fully saturated rings. The van der Waals surface area contributed by atoms with Crippen LogP contribution in [0.5, 0.6) is 11.5 Å². The van der Waals surface area contributed by atoms with Gasteiger partial charge in [0.05, 0.1) is 0 Å². The summed E-state index contributed by atoms with van der Waals surface area (Å²) in [4.78, 5) is 23.6. The highest BCUT2D eigenvalue weighted by atomic mass is 16.5. The molecule has 0 aliphatic carbocycles. The number of ether oxygens (including phenoxy) is 1. The number of hydrogen-bond acceptors (Lipinski definition) is 3. The van der Waals surface area contributed by atoms with E-state index in [-0.39, 0.29) is 11.8 Å². The lowest BCUT2D eigenvalue weighted by Gasteiger charge is -2.22. The number of rotatable bonds is 7. The Morgan fingerprint density at radius 1 is 1.12 bits per heavy atom. The van der Waals surface area contributed by atoms with Crippen LogP contribution in [0.15, 0.2) is 48.5 Å². The average molecular weight is 355 g/mol. The van der Waals surface area contributed by atoms with E-state index in [1.54, 1.807) is 24.3 Å². The van der Waals surface area contributed by atoms with Crippen molar-refractivity contribution in [2.75, 3.05) is 5.32 Å². The highest BCUT2D eigenvalue weighted by Gasteiger charge is 2.25. The number of nitrogens with two attached hydrogens (primary N) is 1. The maximum absolute atomic E-state index is 12.4. The van der Waals surface area contributed by atoms with Gasteiger partial charge in [-0.1, -0.05) is 32.4 Å². The topological polar surface area (TPSA) is 93.5 Å². The van der Waals surface area contributed by atoms with Gasteiger partial charge in [0.15, 0.2) is 0 Å². The molecule has 26 heavy (non-hydrogen) atoms. The van der Waals surface area contributed by atoms with Crippen molar-refractivity contribution in [1.29, 1.82) is 0 Å². The van der Waals surface area contributed by atoms with Crippen molar-refractivity contribution in [3.63, 3.8) is 0 Å². The molecular weight excluding hydrogens is 330 g/mol. The first-order chi connectivity index (χ1) is 12.4. The fourth-order valence-corrected chi connectivity index (χ4v) is 2.50. The summed E-state index contributed by atoms with van der Waals surface area (Å²) in [5.41, 5.74) is 6.91. The zero-order chi connectivity index (χ0) is 19.1. The Morgan fingerprint density at radius 2 is 1.81 bits per heavy atom. The number of nitrogens with one attached hydrogen (secondary N) is 2. The molecule has 0 aromatic heterocycles. The molecule has 0 aliphatic rings. The molecular formula is C20H25N3O3. The van der Waals surface area contributed by atoms with Crippen LogP contribution in [0.25, 0.3) is 0 Å². The standard InChI is InChI=1S/C20H25N3O3/c1-4-14(3)18(23-20(21)25)19(24)22-15-8-10-16(11-9-15)26-17-7-5-6-13(2)12-17/h5-12,14,18H,4H2,1-3H3,(H,22,24)(H3,21,23,25)/t14-,18+/m0/s1. The van der Waals surface area contributed by atoms with Crippen molar-refractivity contribution in [1.82, 2.24) is 5.32 Å². The second kappa shape index (κ2) is 8.89. The molecule has 2 aromatic carbocycles. The van der Waals surface area contributed by atoms with Crippen molar-refractivity contribution < 1.29 is 14.3 Å². The Bertz CT molecular complexity index is 759. The lowest BCUT2D eigenvalue weighted by atomic mass is 9.98. The first-order valence-electron chi connectivity index (χ1n) is 8.60. The quantitative estimate of drug-likeness (QED) is 0.705. The predicted molar refractivity (Wildman–Crippen MR) is 102 cm³/mol. The van der Waals surface area contributed by atoms with Gasteiger partial charge in [-0.15, -0.1) is 0 Å². The average Bonchev–Trinajstić information content (AvgIpc) is 2.60. The normalized spacial score (nSPS) is 12.7. The van der Waals surface area contributed by atoms with Gasteiger partial charge in [0.25, 0.3) is 0 Å². The predicted octanol–water partition coefficient (Wildman–Crippen LogP) is 3.81. The summed E-state index contributed by atoms with van der Waals surface area (Å²) in [6, 6.07) is 13.4. The van der Waals surface area contributed by atoms with Gasteiger partial charge in [0.2, 0.25) is 5.91 Å². The number of hydrogen-bond donors (Lipinski definition) is 3. The molecule has 2 rings (SSSR count). The highest BCUT2D eigenvalue weighted by molar-refractivity contribution is 5.97. The van der Waals surface area contributed by atoms with Gasteiger partial charge >= 0.3 is 6.03 Å². The molecule has 0 bridgehead atoms. The van der Waals surface area contributed by atoms with Crippen LogP contribution >= 0.6 is 0 Å². The Labute approximate surface area is 153 Å². The summed E-state index contributed by atoms with van der Waals surface area (Å²) in [5, 5.41) is 5.30. The third kappa shape index (κ3) is 5.51. The number of primary amides is 1. The molecule has 0 aliphatic heterocycles. The maximum atomic E-state index is 12.4. The zero-order valence-electron chi connectivity index (χ0n) is 15.3. The number of urea groups is 1. The van der Waals surface area contributed by atoms with Crippen LogP contribution in [0.3, 0.4) is 0 Å². The van der Waals surface area contributed by atoms with Gasteiger partial charge in [-0.3, -0.25) is 4.79 Å². The minimum absolute atomic E-state index is 0.0357. The Balaban J connectivity index is 2.03. The van der Waals surface area contributed by atoms with Crippen LogP contribution < -0.4 is 21.1 Å². The first-order valence-corrected chi connectivity index (χ1v) is 8.60. The van der Waals surface area contributed by atoms with E-state index in [1.165, 1.54) is 0 Å². The molecule has 0 saturated heterocycles. The van der Waals surface area contributed by atoms with Crippen LogP contribution in [0.4, 0.5) is 10.5 Å². The fourth-order valence-electron chi connectivity index (χ4n) is 2.50. The van der Waals surface area contributed by atoms with Gasteiger partial charge in [-0.25, -0.2) is 4.79 Å². The number of anilines is 1. The second-order valence-corrected chi connectivity index (χ2v) is 6.30. The fraction of sp³-hybridized carbons (Fsp3) is 0.300. The van der Waals surface area contributed by atoms with E-state index in [2.05, 4.69) is 10.6 Å². The molecule has 0 unspecified atom stereocenters. The van der Waals surface area contributed by atoms with Crippen molar-refractivity contribution in [2.45, 2.75) is 33.2 Å². The maximum Gasteiger partial charge on any atom is 0.312 e. The largest absolute Gasteiger partial charge is 0.457 e. The van der Waals surface area contributed by atoms with E-state index in [4.69, 9.17) is 10.5 Å². The summed E-state index contributed by atoms with van der Waals surface area (Å²) in [6.45, 7) is 5.84. The number of benzene rings is 2. The second-order valence-electron chi connectivity index (χ2n) is 6.30. The van der Waals surface area contributed by atoms with Crippen molar-refractivity contribution in [3.8, 4) is 11.5 Å². The molecule has 138 valence electrons. The Kier molecular flexibility index (Phi) is 6.60. The molecule has 4 N–H and O–H groups in total. The molecule has 6 heteroatoms. The lowest BCUT2D eigenvalue weighted by Crippen LogP contribution is -2.49. The molecule has 0 heterocycles. The molecule has 2 aromatic rings. The summed E-state index contributed by atoms with van der Waals surface area (Å²) in [6.07, 6.45) is 0.738. The third-order valence-corrected chi connectivity index (χ3v) is 4.14. The summed E-state index contributed by atoms with van der Waals surface area (Å²) in [7, 11) is 0. The first kappa shape index (κ1) is 19.3. The van der Waals surface area contributed by atoms with E-state index in [1.807, 2.05) is 45.0 Å². The summed E-state index contributed by atoms with van der Waals surface area (Å²) < 4.78 is 5.79. The van der Waals surface area contributed by atoms with E-state index < -0.39 is 12.1 Å². The van der Waals surface area contributed by atoms with Crippen molar-refractivity contribution in [3.05, 3.63) is 54.1 Å². The van der Waals surface area contributed by atoms with E-state index in [0.29, 0.717) is 11.4 Å². The monoisotopic (exact) mass is 355 g/mol. The number of carbonyl (C=O) groups is 2. The molecule has 2 atom stereocenters. The van der Waals surface area contributed by atoms with Crippen molar-refractivity contribution >= 4 is 17.6 Å². The minimum Gasteiger partial charge on any atom is -0.457 e. The van der Waals surface area contributed by atoms with Crippen LogP contribution in [0.2, 0.25) is 0 Å². The van der Waals surface area contributed by atoms with Gasteiger partial charge in [-0.2, -0.15) is 0 Å².